The lowest BCUT2D eigenvalue weighted by Crippen LogP contribution is -2.28. The van der Waals surface area contributed by atoms with Crippen LogP contribution in [0.25, 0.3) is 22.3 Å². The molecule has 1 fully saturated rings. The quantitative estimate of drug-likeness (QED) is 0.687. The lowest BCUT2D eigenvalue weighted by atomic mass is 9.81. The molecule has 5 nitrogen and oxygen atoms in total. The molecule has 0 saturated heterocycles. The van der Waals surface area contributed by atoms with Gasteiger partial charge in [0.25, 0.3) is 6.43 Å². The largest absolute Gasteiger partial charge is 0.303 e. The average Bonchev–Trinajstić information content (AvgIpc) is 2.98. The molecule has 1 saturated carbocycles. The first-order chi connectivity index (χ1) is 11.7. The second-order valence-electron chi connectivity index (χ2n) is 5.97. The van der Waals surface area contributed by atoms with E-state index in [-0.39, 0.29) is 23.2 Å². The highest BCUT2D eigenvalue weighted by Crippen LogP contribution is 2.38. The Morgan fingerprint density at radius 1 is 1.21 bits per heavy atom. The topological polar surface area (TPSA) is 60.7 Å². The second-order valence-corrected chi connectivity index (χ2v) is 5.97. The molecule has 1 aromatic carbocycles. The Morgan fingerprint density at radius 2 is 1.96 bits per heavy atom. The minimum atomic E-state index is -2.70. The highest BCUT2D eigenvalue weighted by Gasteiger charge is 2.32. The van der Waals surface area contributed by atoms with E-state index in [2.05, 4.69) is 15.1 Å². The zero-order chi connectivity index (χ0) is 16.7. The van der Waals surface area contributed by atoms with E-state index in [1.54, 1.807) is 12.3 Å². The van der Waals surface area contributed by atoms with Crippen LogP contribution in [0.1, 0.15) is 31.0 Å². The Bertz CT molecular complexity index is 902. The molecule has 2 aromatic heterocycles. The summed E-state index contributed by atoms with van der Waals surface area (Å²) in [6.45, 7) is 0. The van der Waals surface area contributed by atoms with Gasteiger partial charge in [-0.25, -0.2) is 13.8 Å². The molecule has 1 aliphatic rings. The normalized spacial score (nSPS) is 20.3. The van der Waals surface area contributed by atoms with Gasteiger partial charge in [-0.05, 0) is 25.0 Å². The van der Waals surface area contributed by atoms with Gasteiger partial charge >= 0.3 is 0 Å². The summed E-state index contributed by atoms with van der Waals surface area (Å²) in [7, 11) is 0. The van der Waals surface area contributed by atoms with Crippen molar-refractivity contribution in [1.82, 2.24) is 19.7 Å². The molecule has 0 bridgehead atoms. The number of nitrogens with zero attached hydrogens (tertiary/aromatic N) is 4. The lowest BCUT2D eigenvalue weighted by Gasteiger charge is -2.31. The maximum absolute atomic E-state index is 13.4. The van der Waals surface area contributed by atoms with Crippen LogP contribution in [0.5, 0.6) is 0 Å². The molecule has 0 N–H and O–H groups in total. The summed E-state index contributed by atoms with van der Waals surface area (Å²) >= 11 is 0. The molecule has 4 rings (SSSR count). The van der Waals surface area contributed by atoms with Crippen LogP contribution in [0.3, 0.4) is 0 Å². The SMILES string of the molecule is O=C[C@H]1C[C@H](n2cc(-c3cnc4ccccc4n3)c(C(F)F)n2)C1. The van der Waals surface area contributed by atoms with Crippen LogP contribution in [0, 0.1) is 5.92 Å². The van der Waals surface area contributed by atoms with Crippen molar-refractivity contribution in [2.75, 3.05) is 0 Å². The third-order valence-electron chi connectivity index (χ3n) is 4.41. The molecule has 3 aromatic rings. The van der Waals surface area contributed by atoms with Crippen molar-refractivity contribution < 1.29 is 13.6 Å². The van der Waals surface area contributed by atoms with Crippen LogP contribution in [0.2, 0.25) is 0 Å². The van der Waals surface area contributed by atoms with Gasteiger partial charge in [0.05, 0.1) is 29.0 Å². The molecule has 0 atom stereocenters. The van der Waals surface area contributed by atoms with E-state index >= 15 is 0 Å². The van der Waals surface area contributed by atoms with Gasteiger partial charge in [-0.1, -0.05) is 12.1 Å². The number of halogens is 2. The third kappa shape index (κ3) is 2.46. The number of aldehydes is 1. The summed E-state index contributed by atoms with van der Waals surface area (Å²) in [4.78, 5) is 19.4. The van der Waals surface area contributed by atoms with E-state index in [0.717, 1.165) is 6.29 Å². The Balaban J connectivity index is 1.75. The number of carbonyl (C=O) groups is 1. The van der Waals surface area contributed by atoms with Crippen molar-refractivity contribution in [2.24, 2.45) is 5.92 Å². The van der Waals surface area contributed by atoms with Gasteiger partial charge in [-0.2, -0.15) is 5.10 Å². The number of fused-ring (bicyclic) bond motifs is 1. The van der Waals surface area contributed by atoms with E-state index in [9.17, 15) is 13.6 Å². The number of para-hydroxylation sites is 2. The van der Waals surface area contributed by atoms with Crippen molar-refractivity contribution in [2.45, 2.75) is 25.3 Å². The summed E-state index contributed by atoms with van der Waals surface area (Å²) in [6, 6.07) is 7.27. The summed E-state index contributed by atoms with van der Waals surface area (Å²) in [5.74, 6) is -0.00175. The number of benzene rings is 1. The van der Waals surface area contributed by atoms with Gasteiger partial charge < -0.3 is 4.79 Å². The Hall–Kier alpha value is -2.70. The molecule has 2 heterocycles. The first-order valence-electron chi connectivity index (χ1n) is 7.70. The molecule has 24 heavy (non-hydrogen) atoms. The molecule has 0 radical (unpaired) electrons. The predicted molar refractivity (Wildman–Crippen MR) is 83.5 cm³/mol. The molecule has 0 spiro atoms. The predicted octanol–water partition coefficient (Wildman–Crippen LogP) is 3.58. The van der Waals surface area contributed by atoms with E-state index in [4.69, 9.17) is 0 Å². The smallest absolute Gasteiger partial charge is 0.282 e. The summed E-state index contributed by atoms with van der Waals surface area (Å²) in [5, 5.41) is 4.04. The standard InChI is InChI=1S/C17H14F2N4O/c18-17(19)16-12(8-23(22-16)11-5-10(6-11)9-24)15-7-20-13-3-1-2-4-14(13)21-15/h1-4,7-11,17H,5-6H2/t10-,11-. The van der Waals surface area contributed by atoms with Crippen LogP contribution < -0.4 is 0 Å². The van der Waals surface area contributed by atoms with Crippen molar-refractivity contribution in [1.29, 1.82) is 0 Å². The second kappa shape index (κ2) is 5.74. The van der Waals surface area contributed by atoms with E-state index < -0.39 is 6.43 Å². The van der Waals surface area contributed by atoms with Gasteiger partial charge in [-0.15, -0.1) is 0 Å². The van der Waals surface area contributed by atoms with Crippen molar-refractivity contribution in [3.63, 3.8) is 0 Å². The van der Waals surface area contributed by atoms with Gasteiger partial charge in [0.15, 0.2) is 0 Å². The molecule has 0 aliphatic heterocycles. The Morgan fingerprint density at radius 3 is 2.67 bits per heavy atom. The number of rotatable bonds is 4. The first-order valence-corrected chi connectivity index (χ1v) is 7.70. The molecular formula is C17H14F2N4O. The molecule has 122 valence electrons. The van der Waals surface area contributed by atoms with Gasteiger partial charge in [0.2, 0.25) is 0 Å². The third-order valence-corrected chi connectivity index (χ3v) is 4.41. The molecule has 1 aliphatic carbocycles. The number of aromatic nitrogens is 4. The Kier molecular flexibility index (Phi) is 3.55. The fourth-order valence-corrected chi connectivity index (χ4v) is 3.00. The van der Waals surface area contributed by atoms with E-state index in [1.807, 2.05) is 18.2 Å². The van der Waals surface area contributed by atoms with Crippen LogP contribution >= 0.6 is 0 Å². The zero-order valence-corrected chi connectivity index (χ0v) is 12.6. The molecule has 7 heteroatoms. The minimum absolute atomic E-state index is 0.00175. The molecule has 0 unspecified atom stereocenters. The van der Waals surface area contributed by atoms with Crippen LogP contribution in [-0.2, 0) is 4.79 Å². The average molecular weight is 328 g/mol. The summed E-state index contributed by atoms with van der Waals surface area (Å²) in [6.07, 6.45) is 2.56. The van der Waals surface area contributed by atoms with Crippen LogP contribution in [0.4, 0.5) is 8.78 Å². The fourth-order valence-electron chi connectivity index (χ4n) is 3.00. The molecule has 0 amide bonds. The number of hydrogen-bond donors (Lipinski definition) is 0. The Labute approximate surface area is 136 Å². The molecular weight excluding hydrogens is 314 g/mol. The van der Waals surface area contributed by atoms with E-state index in [1.165, 1.54) is 10.9 Å². The van der Waals surface area contributed by atoms with Crippen molar-refractivity contribution in [3.8, 4) is 11.3 Å². The maximum atomic E-state index is 13.4. The summed E-state index contributed by atoms with van der Waals surface area (Å²) in [5.41, 5.74) is 1.72. The highest BCUT2D eigenvalue weighted by atomic mass is 19.3. The maximum Gasteiger partial charge on any atom is 0.282 e. The number of hydrogen-bond acceptors (Lipinski definition) is 4. The number of alkyl halides is 2. The lowest BCUT2D eigenvalue weighted by molar-refractivity contribution is -0.114. The number of carbonyl (C=O) groups excluding carboxylic acids is 1. The van der Waals surface area contributed by atoms with E-state index in [0.29, 0.717) is 29.6 Å². The van der Waals surface area contributed by atoms with Crippen molar-refractivity contribution in [3.05, 3.63) is 42.4 Å². The fraction of sp³-hybridized carbons (Fsp3) is 0.294. The monoisotopic (exact) mass is 328 g/mol. The van der Waals surface area contributed by atoms with Gasteiger partial charge in [0.1, 0.15) is 12.0 Å². The van der Waals surface area contributed by atoms with Crippen LogP contribution in [0.15, 0.2) is 36.7 Å². The zero-order valence-electron chi connectivity index (χ0n) is 12.6. The van der Waals surface area contributed by atoms with Gasteiger partial charge in [-0.3, -0.25) is 9.67 Å². The first kappa shape index (κ1) is 14.9. The van der Waals surface area contributed by atoms with Gasteiger partial charge in [0, 0.05) is 17.7 Å². The van der Waals surface area contributed by atoms with Crippen molar-refractivity contribution >= 4 is 17.3 Å². The summed E-state index contributed by atoms with van der Waals surface area (Å²) < 4.78 is 28.3. The minimum Gasteiger partial charge on any atom is -0.303 e. The highest BCUT2D eigenvalue weighted by molar-refractivity contribution is 5.77. The van der Waals surface area contributed by atoms with Crippen LogP contribution in [-0.4, -0.2) is 26.0 Å².